The van der Waals surface area contributed by atoms with E-state index in [0.29, 0.717) is 30.6 Å². The summed E-state index contributed by atoms with van der Waals surface area (Å²) in [5, 5.41) is 0.893. The molecule has 0 saturated heterocycles. The first-order valence-electron chi connectivity index (χ1n) is 8.43. The fourth-order valence-electron chi connectivity index (χ4n) is 2.96. The van der Waals surface area contributed by atoms with Crippen LogP contribution in [0.4, 0.5) is 23.7 Å². The number of para-hydroxylation sites is 1. The lowest BCUT2D eigenvalue weighted by Crippen LogP contribution is -2.37. The van der Waals surface area contributed by atoms with Crippen molar-refractivity contribution < 1.29 is 18.0 Å². The number of pyridine rings is 1. The Labute approximate surface area is 154 Å². The van der Waals surface area contributed by atoms with Crippen LogP contribution in [0, 0.1) is 0 Å². The second-order valence-electron chi connectivity index (χ2n) is 6.14. The second kappa shape index (κ2) is 7.65. The van der Waals surface area contributed by atoms with Gasteiger partial charge in [-0.05, 0) is 42.7 Å². The number of amides is 2. The Hall–Kier alpha value is -3.09. The van der Waals surface area contributed by atoms with E-state index in [2.05, 4.69) is 4.98 Å². The van der Waals surface area contributed by atoms with Gasteiger partial charge in [0.2, 0.25) is 0 Å². The minimum atomic E-state index is -4.34. The highest BCUT2D eigenvalue weighted by atomic mass is 19.4. The topological polar surface area (TPSA) is 59.2 Å². The molecule has 3 rings (SSSR count). The van der Waals surface area contributed by atoms with Crippen molar-refractivity contribution in [2.45, 2.75) is 19.0 Å². The van der Waals surface area contributed by atoms with Gasteiger partial charge in [0.05, 0.1) is 16.8 Å². The number of primary amides is 1. The molecule has 2 amide bonds. The van der Waals surface area contributed by atoms with E-state index in [-0.39, 0.29) is 0 Å². The van der Waals surface area contributed by atoms with Gasteiger partial charge < -0.3 is 5.73 Å². The van der Waals surface area contributed by atoms with Gasteiger partial charge in [0.1, 0.15) is 0 Å². The average molecular weight is 373 g/mol. The molecule has 0 saturated carbocycles. The Balaban J connectivity index is 1.71. The van der Waals surface area contributed by atoms with Crippen molar-refractivity contribution in [2.24, 2.45) is 5.73 Å². The van der Waals surface area contributed by atoms with Crippen molar-refractivity contribution in [3.63, 3.8) is 0 Å². The van der Waals surface area contributed by atoms with E-state index < -0.39 is 17.8 Å². The number of hydrogen-bond donors (Lipinski definition) is 1. The van der Waals surface area contributed by atoms with Crippen molar-refractivity contribution in [3.8, 4) is 0 Å². The van der Waals surface area contributed by atoms with Gasteiger partial charge in [0.15, 0.2) is 0 Å². The number of halogens is 3. The van der Waals surface area contributed by atoms with Crippen LogP contribution in [-0.4, -0.2) is 17.6 Å². The Kier molecular flexibility index (Phi) is 5.30. The van der Waals surface area contributed by atoms with Crippen LogP contribution in [0.15, 0.2) is 60.8 Å². The number of carbonyl (C=O) groups excluding carboxylic acids is 1. The molecule has 3 aromatic rings. The number of anilines is 1. The second-order valence-corrected chi connectivity index (χ2v) is 6.14. The van der Waals surface area contributed by atoms with Gasteiger partial charge in [0.25, 0.3) is 0 Å². The first kappa shape index (κ1) is 18.7. The number of urea groups is 1. The van der Waals surface area contributed by atoms with Crippen molar-refractivity contribution in [1.82, 2.24) is 4.98 Å². The van der Waals surface area contributed by atoms with Gasteiger partial charge in [-0.1, -0.05) is 30.3 Å². The molecule has 27 heavy (non-hydrogen) atoms. The third-order valence-corrected chi connectivity index (χ3v) is 4.30. The standard InChI is InChI=1S/C20H18F3N3O/c21-20(22,23)16-10-8-14(9-11-16)4-3-13-26(19(24)27)17-7-1-5-15-6-2-12-25-18(15)17/h1-2,5-12H,3-4,13H2,(H2,24,27). The molecule has 140 valence electrons. The monoisotopic (exact) mass is 373 g/mol. The maximum Gasteiger partial charge on any atom is 0.416 e. The number of nitrogens with two attached hydrogens (primary N) is 1. The van der Waals surface area contributed by atoms with Gasteiger partial charge in [-0.3, -0.25) is 9.88 Å². The summed E-state index contributed by atoms with van der Waals surface area (Å²) in [7, 11) is 0. The quantitative estimate of drug-likeness (QED) is 0.700. The smallest absolute Gasteiger partial charge is 0.351 e. The first-order chi connectivity index (χ1) is 12.9. The molecule has 0 atom stereocenters. The molecule has 2 aromatic carbocycles. The molecule has 7 heteroatoms. The average Bonchev–Trinajstić information content (AvgIpc) is 2.64. The predicted molar refractivity (Wildman–Crippen MR) is 98.4 cm³/mol. The van der Waals surface area contributed by atoms with Crippen LogP contribution >= 0.6 is 0 Å². The molecule has 0 spiro atoms. The predicted octanol–water partition coefficient (Wildman–Crippen LogP) is 4.77. The van der Waals surface area contributed by atoms with Crippen molar-refractivity contribution >= 4 is 22.6 Å². The van der Waals surface area contributed by atoms with Crippen molar-refractivity contribution in [3.05, 3.63) is 71.9 Å². The fraction of sp³-hybridized carbons (Fsp3) is 0.200. The minimum absolute atomic E-state index is 0.339. The molecule has 0 radical (unpaired) electrons. The molecule has 0 aliphatic heterocycles. The Morgan fingerprint density at radius 3 is 2.41 bits per heavy atom. The highest BCUT2D eigenvalue weighted by Crippen LogP contribution is 2.29. The van der Waals surface area contributed by atoms with Crippen LogP contribution in [0.5, 0.6) is 0 Å². The lowest BCUT2D eigenvalue weighted by Gasteiger charge is -2.21. The number of aromatic nitrogens is 1. The van der Waals surface area contributed by atoms with Crippen LogP contribution in [0.25, 0.3) is 10.9 Å². The van der Waals surface area contributed by atoms with Crippen LogP contribution in [0.2, 0.25) is 0 Å². The van der Waals surface area contributed by atoms with Crippen LogP contribution < -0.4 is 10.6 Å². The van der Waals surface area contributed by atoms with E-state index in [1.807, 2.05) is 24.3 Å². The van der Waals surface area contributed by atoms with Crippen molar-refractivity contribution in [1.29, 1.82) is 0 Å². The van der Waals surface area contributed by atoms with E-state index in [0.717, 1.165) is 23.1 Å². The first-order valence-corrected chi connectivity index (χ1v) is 8.43. The van der Waals surface area contributed by atoms with E-state index >= 15 is 0 Å². The number of fused-ring (bicyclic) bond motifs is 1. The molecule has 1 aromatic heterocycles. The number of hydrogen-bond acceptors (Lipinski definition) is 2. The van der Waals surface area contributed by atoms with Gasteiger partial charge >= 0.3 is 12.2 Å². The summed E-state index contributed by atoms with van der Waals surface area (Å²) in [5.74, 6) is 0. The number of rotatable bonds is 5. The zero-order valence-corrected chi connectivity index (χ0v) is 14.4. The molecule has 0 bridgehead atoms. The van der Waals surface area contributed by atoms with Gasteiger partial charge in [0, 0.05) is 18.1 Å². The third-order valence-electron chi connectivity index (χ3n) is 4.30. The molecule has 0 aliphatic carbocycles. The van der Waals surface area contributed by atoms with E-state index in [1.165, 1.54) is 17.0 Å². The Bertz CT molecular complexity index is 934. The summed E-state index contributed by atoms with van der Waals surface area (Å²) in [6.45, 7) is 0.339. The summed E-state index contributed by atoms with van der Waals surface area (Å²) < 4.78 is 37.9. The fourth-order valence-corrected chi connectivity index (χ4v) is 2.96. The van der Waals surface area contributed by atoms with Crippen LogP contribution in [0.1, 0.15) is 17.5 Å². The molecular formula is C20H18F3N3O. The number of benzene rings is 2. The summed E-state index contributed by atoms with van der Waals surface area (Å²) in [5.41, 5.74) is 6.93. The molecule has 0 fully saturated rings. The highest BCUT2D eigenvalue weighted by molar-refractivity contribution is 6.00. The molecule has 0 unspecified atom stereocenters. The SMILES string of the molecule is NC(=O)N(CCCc1ccc(C(F)(F)F)cc1)c1cccc2cccnc12. The van der Waals surface area contributed by atoms with Gasteiger partial charge in [-0.2, -0.15) is 13.2 Å². The van der Waals surface area contributed by atoms with E-state index in [9.17, 15) is 18.0 Å². The van der Waals surface area contributed by atoms with E-state index in [4.69, 9.17) is 5.73 Å². The Morgan fingerprint density at radius 1 is 1.04 bits per heavy atom. The summed E-state index contributed by atoms with van der Waals surface area (Å²) in [4.78, 5) is 17.7. The normalized spacial score (nSPS) is 11.5. The van der Waals surface area contributed by atoms with Crippen LogP contribution in [-0.2, 0) is 12.6 Å². The Morgan fingerprint density at radius 2 is 1.74 bits per heavy atom. The van der Waals surface area contributed by atoms with Crippen LogP contribution in [0.3, 0.4) is 0 Å². The molecular weight excluding hydrogens is 355 g/mol. The lowest BCUT2D eigenvalue weighted by molar-refractivity contribution is -0.137. The molecule has 1 heterocycles. The third kappa shape index (κ3) is 4.36. The minimum Gasteiger partial charge on any atom is -0.351 e. The van der Waals surface area contributed by atoms with Gasteiger partial charge in [-0.25, -0.2) is 4.79 Å². The number of carbonyl (C=O) groups is 1. The zero-order valence-electron chi connectivity index (χ0n) is 14.4. The number of nitrogens with zero attached hydrogens (tertiary/aromatic N) is 2. The van der Waals surface area contributed by atoms with Crippen molar-refractivity contribution in [2.75, 3.05) is 11.4 Å². The molecule has 4 nitrogen and oxygen atoms in total. The number of alkyl halides is 3. The maximum absolute atomic E-state index is 12.6. The van der Waals surface area contributed by atoms with Gasteiger partial charge in [-0.15, -0.1) is 0 Å². The summed E-state index contributed by atoms with van der Waals surface area (Å²) in [6, 6.07) is 13.6. The number of aryl methyl sites for hydroxylation is 1. The largest absolute Gasteiger partial charge is 0.416 e. The summed E-state index contributed by atoms with van der Waals surface area (Å²) >= 11 is 0. The molecule has 0 aliphatic rings. The van der Waals surface area contributed by atoms with E-state index in [1.54, 1.807) is 12.3 Å². The zero-order chi connectivity index (χ0) is 19.4. The summed E-state index contributed by atoms with van der Waals surface area (Å²) in [6.07, 6.45) is -1.62. The lowest BCUT2D eigenvalue weighted by atomic mass is 10.1. The maximum atomic E-state index is 12.6. The highest BCUT2D eigenvalue weighted by Gasteiger charge is 2.29. The molecule has 2 N–H and O–H groups in total.